The molecule has 2 unspecified atom stereocenters. The highest BCUT2D eigenvalue weighted by molar-refractivity contribution is 5.82. The molecule has 0 bridgehead atoms. The monoisotopic (exact) mass is 713 g/mol. The Kier molecular flexibility index (Phi) is 12.7. The number of carbonyl (C=O) groups is 2. The summed E-state index contributed by atoms with van der Waals surface area (Å²) in [7, 11) is 3.48. The number of pyridine rings is 1. The Balaban J connectivity index is 2.22. The maximum atomic E-state index is 15.8. The molecule has 2 N–H and O–H groups in total. The molecule has 7 nitrogen and oxygen atoms in total. The number of carbonyl (C=O) groups excluding carboxylic acids is 1. The molecule has 14 heteroatoms. The van der Waals surface area contributed by atoms with Crippen LogP contribution in [-0.2, 0) is 28.4 Å². The van der Waals surface area contributed by atoms with Gasteiger partial charge >= 0.3 is 18.3 Å². The molecule has 3 aromatic rings. The molecule has 0 saturated carbocycles. The lowest BCUT2D eigenvalue weighted by atomic mass is 9.89. The second kappa shape index (κ2) is 15.8. The summed E-state index contributed by atoms with van der Waals surface area (Å²) >= 11 is 0. The fourth-order valence-electron chi connectivity index (χ4n) is 6.25. The molecule has 50 heavy (non-hydrogen) atoms. The summed E-state index contributed by atoms with van der Waals surface area (Å²) < 4.78 is 101. The van der Waals surface area contributed by atoms with Crippen LogP contribution in [0.15, 0.2) is 41.3 Å². The maximum Gasteiger partial charge on any atom is 0.419 e. The van der Waals surface area contributed by atoms with E-state index in [0.717, 1.165) is 22.4 Å². The van der Waals surface area contributed by atoms with Crippen LogP contribution in [0.2, 0.25) is 0 Å². The normalized spacial score (nSPS) is 13.5. The summed E-state index contributed by atoms with van der Waals surface area (Å²) in [4.78, 5) is 40.9. The van der Waals surface area contributed by atoms with Gasteiger partial charge in [-0.05, 0) is 107 Å². The highest BCUT2D eigenvalue weighted by atomic mass is 19.4. The summed E-state index contributed by atoms with van der Waals surface area (Å²) in [6.45, 7) is 8.89. The minimum atomic E-state index is -5.20. The Morgan fingerprint density at radius 2 is 1.50 bits per heavy atom. The SMILES string of the molecule is Cc1cc(C)c(-c2cc(C(CC(=O)O)NC(=O)C(CC(C)C)n3cc(CCCN(C)C)c(C(F)(F)F)cc3=O)c(F)c(C(F)(F)F)c2)c(C)c1. The van der Waals surface area contributed by atoms with Gasteiger partial charge < -0.3 is 19.9 Å². The van der Waals surface area contributed by atoms with Crippen LogP contribution >= 0.6 is 0 Å². The quantitative estimate of drug-likeness (QED) is 0.175. The Morgan fingerprint density at radius 3 is 2.00 bits per heavy atom. The van der Waals surface area contributed by atoms with E-state index in [2.05, 4.69) is 5.32 Å². The first-order valence-corrected chi connectivity index (χ1v) is 16.0. The zero-order valence-corrected chi connectivity index (χ0v) is 28.9. The van der Waals surface area contributed by atoms with Gasteiger partial charge in [-0.3, -0.25) is 14.4 Å². The van der Waals surface area contributed by atoms with Gasteiger partial charge in [0, 0.05) is 17.8 Å². The number of hydrogen-bond donors (Lipinski definition) is 2. The number of rotatable bonds is 13. The number of benzene rings is 2. The van der Waals surface area contributed by atoms with E-state index in [1.54, 1.807) is 65.7 Å². The zero-order valence-electron chi connectivity index (χ0n) is 28.9. The molecule has 3 rings (SSSR count). The summed E-state index contributed by atoms with van der Waals surface area (Å²) in [5, 5.41) is 12.1. The highest BCUT2D eigenvalue weighted by Gasteiger charge is 2.39. The molecule has 0 aliphatic heterocycles. The van der Waals surface area contributed by atoms with Gasteiger partial charge in [-0.25, -0.2) is 4.39 Å². The van der Waals surface area contributed by atoms with Crippen molar-refractivity contribution in [1.82, 2.24) is 14.8 Å². The third kappa shape index (κ3) is 9.95. The van der Waals surface area contributed by atoms with E-state index in [0.29, 0.717) is 35.4 Å². The van der Waals surface area contributed by atoms with Crippen molar-refractivity contribution in [1.29, 1.82) is 0 Å². The van der Waals surface area contributed by atoms with E-state index in [-0.39, 0.29) is 36.3 Å². The van der Waals surface area contributed by atoms with Crippen LogP contribution < -0.4 is 10.9 Å². The lowest BCUT2D eigenvalue weighted by Gasteiger charge is -2.27. The predicted octanol–water partition coefficient (Wildman–Crippen LogP) is 8.03. The smallest absolute Gasteiger partial charge is 0.419 e. The van der Waals surface area contributed by atoms with Crippen LogP contribution in [0.5, 0.6) is 0 Å². The molecular weight excluding hydrogens is 671 g/mol. The Bertz CT molecular complexity index is 1760. The molecule has 274 valence electrons. The standard InChI is InChI=1S/C36H42F7N3O4/c1-19(2)11-29(46-18-23(9-8-10-45(6)7)26(16-30(46)47)35(38,39)40)34(50)44-28(17-31(48)49)25-14-24(15-27(33(25)37)36(41,42)43)32-21(4)12-20(3)13-22(32)5/h12-16,18-19,28-29H,8-11,17H2,1-7H3,(H,44,50)(H,48,49). The van der Waals surface area contributed by atoms with Crippen LogP contribution in [0.4, 0.5) is 30.7 Å². The predicted molar refractivity (Wildman–Crippen MR) is 175 cm³/mol. The number of carboxylic acids is 1. The number of hydrogen-bond acceptors (Lipinski definition) is 4. The van der Waals surface area contributed by atoms with Crippen LogP contribution in [0.3, 0.4) is 0 Å². The van der Waals surface area contributed by atoms with E-state index >= 15 is 4.39 Å². The topological polar surface area (TPSA) is 91.6 Å². The van der Waals surface area contributed by atoms with Gasteiger partial charge in [0.25, 0.3) is 5.56 Å². The van der Waals surface area contributed by atoms with E-state index in [4.69, 9.17) is 0 Å². The van der Waals surface area contributed by atoms with E-state index in [1.165, 1.54) is 0 Å². The Hall–Kier alpha value is -4.20. The maximum absolute atomic E-state index is 15.8. The molecule has 1 heterocycles. The van der Waals surface area contributed by atoms with Crippen LogP contribution in [0.25, 0.3) is 11.1 Å². The van der Waals surface area contributed by atoms with Crippen molar-refractivity contribution in [2.75, 3.05) is 20.6 Å². The number of aromatic nitrogens is 1. The largest absolute Gasteiger partial charge is 0.481 e. The average molecular weight is 714 g/mol. The molecule has 0 aliphatic rings. The molecule has 0 radical (unpaired) electrons. The molecule has 2 atom stereocenters. The third-order valence-corrected chi connectivity index (χ3v) is 8.30. The average Bonchev–Trinajstić information content (AvgIpc) is 2.94. The van der Waals surface area contributed by atoms with Gasteiger partial charge in [0.1, 0.15) is 11.9 Å². The Labute approximate surface area is 286 Å². The second-order valence-corrected chi connectivity index (χ2v) is 13.4. The van der Waals surface area contributed by atoms with Crippen molar-refractivity contribution in [3.63, 3.8) is 0 Å². The van der Waals surface area contributed by atoms with Gasteiger partial charge in [0.2, 0.25) is 5.91 Å². The minimum Gasteiger partial charge on any atom is -0.481 e. The number of aryl methyl sites for hydroxylation is 4. The van der Waals surface area contributed by atoms with Gasteiger partial charge in [-0.2, -0.15) is 26.3 Å². The number of nitrogens with one attached hydrogen (secondary N) is 1. The fourth-order valence-corrected chi connectivity index (χ4v) is 6.25. The lowest BCUT2D eigenvalue weighted by Crippen LogP contribution is -2.41. The molecule has 0 saturated heterocycles. The number of aliphatic carboxylic acids is 1. The van der Waals surface area contributed by atoms with Crippen molar-refractivity contribution in [3.8, 4) is 11.1 Å². The number of carboxylic acid groups (broad SMARTS) is 1. The molecule has 2 aromatic carbocycles. The van der Waals surface area contributed by atoms with Crippen molar-refractivity contribution in [2.24, 2.45) is 5.92 Å². The number of alkyl halides is 6. The minimum absolute atomic E-state index is 0.0616. The second-order valence-electron chi connectivity index (χ2n) is 13.4. The number of halogens is 7. The van der Waals surface area contributed by atoms with Gasteiger partial charge in [-0.15, -0.1) is 0 Å². The summed E-state index contributed by atoms with van der Waals surface area (Å²) in [5.74, 6) is -4.77. The van der Waals surface area contributed by atoms with Crippen molar-refractivity contribution in [2.45, 2.75) is 84.7 Å². The number of amides is 1. The molecule has 0 spiro atoms. The van der Waals surface area contributed by atoms with Gasteiger partial charge in [0.05, 0.1) is 23.6 Å². The molecule has 1 amide bonds. The van der Waals surface area contributed by atoms with Crippen LogP contribution in [-0.4, -0.2) is 47.1 Å². The summed E-state index contributed by atoms with van der Waals surface area (Å²) in [5.41, 5.74) is -2.72. The lowest BCUT2D eigenvalue weighted by molar-refractivity contribution is -0.140. The first-order valence-electron chi connectivity index (χ1n) is 16.0. The van der Waals surface area contributed by atoms with Crippen molar-refractivity contribution < 1.29 is 45.4 Å². The first-order chi connectivity index (χ1) is 23.0. The van der Waals surface area contributed by atoms with Crippen LogP contribution in [0, 0.1) is 32.5 Å². The molecule has 1 aromatic heterocycles. The first kappa shape index (κ1) is 40.2. The fraction of sp³-hybridized carbons (Fsp3) is 0.472. The Morgan fingerprint density at radius 1 is 0.920 bits per heavy atom. The van der Waals surface area contributed by atoms with E-state index in [1.807, 2.05) is 0 Å². The summed E-state index contributed by atoms with van der Waals surface area (Å²) in [6.07, 6.45) is -10.1. The van der Waals surface area contributed by atoms with Gasteiger partial charge in [-0.1, -0.05) is 31.5 Å². The molecule has 0 aliphatic carbocycles. The zero-order chi connectivity index (χ0) is 37.9. The highest BCUT2D eigenvalue weighted by Crippen LogP contribution is 2.40. The van der Waals surface area contributed by atoms with Gasteiger partial charge in [0.15, 0.2) is 0 Å². The third-order valence-electron chi connectivity index (χ3n) is 8.30. The van der Waals surface area contributed by atoms with E-state index < -0.39 is 70.8 Å². The molecule has 0 fully saturated rings. The van der Waals surface area contributed by atoms with Crippen molar-refractivity contribution >= 4 is 11.9 Å². The summed E-state index contributed by atoms with van der Waals surface area (Å²) in [6, 6.07) is 2.17. The van der Waals surface area contributed by atoms with E-state index in [9.17, 15) is 45.8 Å². The molecular formula is C36H42F7N3O4. The van der Waals surface area contributed by atoms with Crippen LogP contribution in [0.1, 0.15) is 84.1 Å². The van der Waals surface area contributed by atoms with Crippen molar-refractivity contribution in [3.05, 3.63) is 91.6 Å². The number of nitrogens with zero attached hydrogens (tertiary/aromatic N) is 2.